The Morgan fingerprint density at radius 1 is 1.41 bits per heavy atom. The van der Waals surface area contributed by atoms with Crippen molar-refractivity contribution in [3.8, 4) is 0 Å². The van der Waals surface area contributed by atoms with Crippen LogP contribution in [0, 0.1) is 0 Å². The number of fused-ring (bicyclic) bond motifs is 1. The molecule has 2 rings (SSSR count). The minimum absolute atomic E-state index is 0.175. The molecule has 0 spiro atoms. The second-order valence-corrected chi connectivity index (χ2v) is 4.66. The monoisotopic (exact) mass is 235 g/mol. The van der Waals surface area contributed by atoms with Gasteiger partial charge in [0.1, 0.15) is 5.67 Å². The van der Waals surface area contributed by atoms with Crippen molar-refractivity contribution in [1.82, 2.24) is 4.57 Å². The third kappa shape index (κ3) is 1.90. The molecule has 0 aliphatic carbocycles. The van der Waals surface area contributed by atoms with Crippen molar-refractivity contribution >= 4 is 16.9 Å². The SMILES string of the molecule is Cn1cc(C(C)(C)F)c2cc(C(=O)O)ccc21. The molecule has 90 valence electrons. The number of carboxylic acids is 1. The number of rotatable bonds is 2. The summed E-state index contributed by atoms with van der Waals surface area (Å²) in [7, 11) is 1.82. The van der Waals surface area contributed by atoms with Crippen LogP contribution in [-0.4, -0.2) is 15.6 Å². The van der Waals surface area contributed by atoms with E-state index in [0.29, 0.717) is 10.9 Å². The Morgan fingerprint density at radius 2 is 2.06 bits per heavy atom. The van der Waals surface area contributed by atoms with Gasteiger partial charge in [-0.2, -0.15) is 0 Å². The number of aromatic nitrogens is 1. The molecule has 17 heavy (non-hydrogen) atoms. The number of benzene rings is 1. The molecule has 0 saturated heterocycles. The summed E-state index contributed by atoms with van der Waals surface area (Å²) in [6.45, 7) is 2.93. The Balaban J connectivity index is 2.78. The second-order valence-electron chi connectivity index (χ2n) is 4.66. The third-order valence-corrected chi connectivity index (χ3v) is 2.88. The van der Waals surface area contributed by atoms with Gasteiger partial charge >= 0.3 is 5.97 Å². The summed E-state index contributed by atoms with van der Waals surface area (Å²) in [5.74, 6) is -1.00. The molecule has 0 amide bonds. The molecule has 1 N–H and O–H groups in total. The molecular formula is C13H14FNO2. The van der Waals surface area contributed by atoms with Crippen LogP contribution < -0.4 is 0 Å². The smallest absolute Gasteiger partial charge is 0.335 e. The highest BCUT2D eigenvalue weighted by atomic mass is 19.1. The minimum Gasteiger partial charge on any atom is -0.478 e. The van der Waals surface area contributed by atoms with Crippen LogP contribution >= 0.6 is 0 Å². The average molecular weight is 235 g/mol. The van der Waals surface area contributed by atoms with E-state index in [1.165, 1.54) is 26.0 Å². The van der Waals surface area contributed by atoms with Crippen LogP contribution in [0.15, 0.2) is 24.4 Å². The quantitative estimate of drug-likeness (QED) is 0.869. The van der Waals surface area contributed by atoms with Crippen LogP contribution in [0.5, 0.6) is 0 Å². The number of halogens is 1. The van der Waals surface area contributed by atoms with Gasteiger partial charge in [-0.25, -0.2) is 9.18 Å². The zero-order valence-electron chi connectivity index (χ0n) is 9.99. The van der Waals surface area contributed by atoms with Crippen LogP contribution in [0.2, 0.25) is 0 Å². The fourth-order valence-corrected chi connectivity index (χ4v) is 2.00. The standard InChI is InChI=1S/C13H14FNO2/c1-13(2,14)10-7-15(3)11-5-4-8(12(16)17)6-9(10)11/h4-7H,1-3H3,(H,16,17). The highest BCUT2D eigenvalue weighted by Gasteiger charge is 2.24. The maximum atomic E-state index is 14.0. The van der Waals surface area contributed by atoms with E-state index >= 15 is 0 Å². The summed E-state index contributed by atoms with van der Waals surface area (Å²) in [4.78, 5) is 10.9. The molecule has 1 heterocycles. The van der Waals surface area contributed by atoms with Crippen molar-refractivity contribution < 1.29 is 14.3 Å². The van der Waals surface area contributed by atoms with Gasteiger partial charge in [0.05, 0.1) is 5.56 Å². The van der Waals surface area contributed by atoms with E-state index in [1.54, 1.807) is 16.8 Å². The Morgan fingerprint density at radius 3 is 2.59 bits per heavy atom. The van der Waals surface area contributed by atoms with E-state index < -0.39 is 11.6 Å². The maximum absolute atomic E-state index is 14.0. The number of hydrogen-bond donors (Lipinski definition) is 1. The molecule has 4 heteroatoms. The van der Waals surface area contributed by atoms with Gasteiger partial charge in [0, 0.05) is 29.7 Å². The fraction of sp³-hybridized carbons (Fsp3) is 0.308. The molecule has 0 aliphatic rings. The van der Waals surface area contributed by atoms with Crippen molar-refractivity contribution in [1.29, 1.82) is 0 Å². The third-order valence-electron chi connectivity index (χ3n) is 2.88. The van der Waals surface area contributed by atoms with Crippen LogP contribution in [0.3, 0.4) is 0 Å². The first-order valence-corrected chi connectivity index (χ1v) is 5.32. The summed E-state index contributed by atoms with van der Waals surface area (Å²) in [6.07, 6.45) is 1.70. The minimum atomic E-state index is -1.49. The van der Waals surface area contributed by atoms with Crippen molar-refractivity contribution in [3.05, 3.63) is 35.5 Å². The number of nitrogens with zero attached hydrogens (tertiary/aromatic N) is 1. The van der Waals surface area contributed by atoms with Crippen molar-refractivity contribution in [3.63, 3.8) is 0 Å². The normalized spacial score (nSPS) is 12.0. The Hall–Kier alpha value is -1.84. The molecule has 0 aliphatic heterocycles. The maximum Gasteiger partial charge on any atom is 0.335 e. The lowest BCUT2D eigenvalue weighted by atomic mass is 9.98. The molecule has 2 aromatic rings. The summed E-state index contributed by atoms with van der Waals surface area (Å²) >= 11 is 0. The number of aromatic carboxylic acids is 1. The zero-order chi connectivity index (χ0) is 12.8. The Labute approximate surface area is 98.5 Å². The van der Waals surface area contributed by atoms with Gasteiger partial charge in [0.15, 0.2) is 0 Å². The van der Waals surface area contributed by atoms with E-state index in [2.05, 4.69) is 0 Å². The van der Waals surface area contributed by atoms with Gasteiger partial charge in [-0.3, -0.25) is 0 Å². The van der Waals surface area contributed by atoms with Gasteiger partial charge in [0.25, 0.3) is 0 Å². The molecule has 3 nitrogen and oxygen atoms in total. The van der Waals surface area contributed by atoms with E-state index in [-0.39, 0.29) is 5.56 Å². The molecule has 1 aromatic heterocycles. The first-order chi connectivity index (χ1) is 7.80. The van der Waals surface area contributed by atoms with Crippen molar-refractivity contribution in [2.45, 2.75) is 19.5 Å². The van der Waals surface area contributed by atoms with Gasteiger partial charge in [-0.05, 0) is 32.0 Å². The first kappa shape index (κ1) is 11.6. The predicted molar refractivity (Wildman–Crippen MR) is 64.0 cm³/mol. The van der Waals surface area contributed by atoms with Crippen LogP contribution in [0.4, 0.5) is 4.39 Å². The highest BCUT2D eigenvalue weighted by Crippen LogP contribution is 2.33. The molecule has 0 atom stereocenters. The predicted octanol–water partition coefficient (Wildman–Crippen LogP) is 3.08. The van der Waals surface area contributed by atoms with Crippen LogP contribution in [0.25, 0.3) is 10.9 Å². The molecule has 0 radical (unpaired) electrons. The number of hydrogen-bond acceptors (Lipinski definition) is 1. The number of alkyl halides is 1. The molecular weight excluding hydrogens is 221 g/mol. The van der Waals surface area contributed by atoms with E-state index in [0.717, 1.165) is 5.52 Å². The lowest BCUT2D eigenvalue weighted by Crippen LogP contribution is -2.08. The molecule has 1 aromatic carbocycles. The summed E-state index contributed by atoms with van der Waals surface area (Å²) < 4.78 is 15.8. The van der Waals surface area contributed by atoms with Crippen molar-refractivity contribution in [2.24, 2.45) is 7.05 Å². The van der Waals surface area contributed by atoms with Gasteiger partial charge in [-0.15, -0.1) is 0 Å². The van der Waals surface area contributed by atoms with Crippen molar-refractivity contribution in [2.75, 3.05) is 0 Å². The first-order valence-electron chi connectivity index (χ1n) is 5.32. The number of carboxylic acid groups (broad SMARTS) is 1. The molecule has 0 unspecified atom stereocenters. The average Bonchev–Trinajstić information content (AvgIpc) is 2.55. The van der Waals surface area contributed by atoms with Crippen LogP contribution in [-0.2, 0) is 12.7 Å². The lowest BCUT2D eigenvalue weighted by molar-refractivity contribution is 0.0697. The summed E-state index contributed by atoms with van der Waals surface area (Å²) in [5, 5.41) is 9.60. The van der Waals surface area contributed by atoms with Gasteiger partial charge < -0.3 is 9.67 Å². The summed E-state index contributed by atoms with van der Waals surface area (Å²) in [5.41, 5.74) is 0.0272. The lowest BCUT2D eigenvalue weighted by Gasteiger charge is -2.12. The largest absolute Gasteiger partial charge is 0.478 e. The topological polar surface area (TPSA) is 42.2 Å². The molecule has 0 fully saturated rings. The number of carbonyl (C=O) groups is 1. The summed E-state index contributed by atoms with van der Waals surface area (Å²) in [6, 6.07) is 4.75. The highest BCUT2D eigenvalue weighted by molar-refractivity contribution is 5.95. The van der Waals surface area contributed by atoms with E-state index in [4.69, 9.17) is 5.11 Å². The van der Waals surface area contributed by atoms with Crippen LogP contribution in [0.1, 0.15) is 29.8 Å². The Bertz CT molecular complexity index is 593. The van der Waals surface area contributed by atoms with E-state index in [1.807, 2.05) is 7.05 Å². The zero-order valence-corrected chi connectivity index (χ0v) is 9.99. The van der Waals surface area contributed by atoms with E-state index in [9.17, 15) is 9.18 Å². The number of aryl methyl sites for hydroxylation is 1. The molecule has 0 bridgehead atoms. The van der Waals surface area contributed by atoms with Gasteiger partial charge in [0.2, 0.25) is 0 Å². The fourth-order valence-electron chi connectivity index (χ4n) is 2.00. The second kappa shape index (κ2) is 3.58. The van der Waals surface area contributed by atoms with Gasteiger partial charge in [-0.1, -0.05) is 0 Å². The Kier molecular flexibility index (Phi) is 2.45. The molecule has 0 saturated carbocycles.